The lowest BCUT2D eigenvalue weighted by molar-refractivity contribution is 0.0307. The molecule has 2 heteroatoms. The molecule has 0 aromatic heterocycles. The number of hydrogen-bond acceptors (Lipinski definition) is 2. The van der Waals surface area contributed by atoms with Crippen LogP contribution in [0.5, 0.6) is 0 Å². The molecule has 1 saturated heterocycles. The fraction of sp³-hybridized carbons (Fsp3) is 1.00. The zero-order valence-corrected chi connectivity index (χ0v) is 9.59. The van der Waals surface area contributed by atoms with Crippen LogP contribution in [-0.2, 0) is 0 Å². The third-order valence-electron chi connectivity index (χ3n) is 3.79. The second-order valence-electron chi connectivity index (χ2n) is 5.70. The van der Waals surface area contributed by atoms with Crippen molar-refractivity contribution < 1.29 is 5.11 Å². The molecule has 1 atom stereocenters. The molecule has 0 radical (unpaired) electrons. The average Bonchev–Trinajstić information content (AvgIpc) is 2.33. The van der Waals surface area contributed by atoms with Crippen molar-refractivity contribution >= 4 is 0 Å². The van der Waals surface area contributed by atoms with E-state index in [1.54, 1.807) is 0 Å². The topological polar surface area (TPSA) is 23.5 Å². The molecule has 1 N–H and O–H groups in total. The summed E-state index contributed by atoms with van der Waals surface area (Å²) in [6, 6.07) is 0. The summed E-state index contributed by atoms with van der Waals surface area (Å²) in [5, 5.41) is 9.49. The minimum absolute atomic E-state index is 0.110. The zero-order valence-electron chi connectivity index (χ0n) is 9.59. The minimum Gasteiger partial charge on any atom is -0.392 e. The van der Waals surface area contributed by atoms with Gasteiger partial charge in [-0.25, -0.2) is 0 Å². The number of hydrogen-bond donors (Lipinski definition) is 1. The summed E-state index contributed by atoms with van der Waals surface area (Å²) in [6.45, 7) is 13.2. The normalized spacial score (nSPS) is 26.8. The summed E-state index contributed by atoms with van der Waals surface area (Å²) < 4.78 is 0. The van der Waals surface area contributed by atoms with Crippen LogP contribution >= 0.6 is 0 Å². The number of aliphatic hydroxyl groups is 1. The second-order valence-corrected chi connectivity index (χ2v) is 5.70. The Balaban J connectivity index is 2.70. The van der Waals surface area contributed by atoms with E-state index in [1.807, 2.05) is 0 Å². The maximum absolute atomic E-state index is 9.49. The molecule has 0 amide bonds. The number of aliphatic hydroxyl groups excluding tert-OH is 1. The van der Waals surface area contributed by atoms with Crippen LogP contribution in [0.25, 0.3) is 0 Å². The molecular weight excluding hydrogens is 162 g/mol. The first-order valence-corrected chi connectivity index (χ1v) is 5.18. The maximum atomic E-state index is 9.49. The Morgan fingerprint density at radius 1 is 1.15 bits per heavy atom. The molecule has 0 aromatic carbocycles. The molecule has 13 heavy (non-hydrogen) atoms. The molecule has 1 aliphatic rings. The first-order chi connectivity index (χ1) is 5.75. The Hall–Kier alpha value is -0.0800. The molecular formula is C11H23NO. The average molecular weight is 185 g/mol. The number of nitrogens with zero attached hydrogens (tertiary/aromatic N) is 1. The van der Waals surface area contributed by atoms with Gasteiger partial charge in [-0.2, -0.15) is 0 Å². The van der Waals surface area contributed by atoms with Crippen molar-refractivity contribution in [3.05, 3.63) is 0 Å². The van der Waals surface area contributed by atoms with E-state index in [-0.39, 0.29) is 17.1 Å². The van der Waals surface area contributed by atoms with Crippen LogP contribution in [0, 0.1) is 5.41 Å². The lowest BCUT2D eigenvalue weighted by atomic mass is 9.75. The van der Waals surface area contributed by atoms with Gasteiger partial charge in [0, 0.05) is 18.6 Å². The highest BCUT2D eigenvalue weighted by Gasteiger charge is 2.40. The summed E-state index contributed by atoms with van der Waals surface area (Å²) >= 11 is 0. The smallest absolute Gasteiger partial charge is 0.0679 e. The molecule has 2 nitrogen and oxygen atoms in total. The van der Waals surface area contributed by atoms with E-state index in [4.69, 9.17) is 0 Å². The zero-order chi connectivity index (χ0) is 10.3. The Kier molecular flexibility index (Phi) is 2.75. The van der Waals surface area contributed by atoms with E-state index in [0.29, 0.717) is 0 Å². The standard InChI is InChI=1S/C11H23NO/c1-10(2,3)11(4,5)12-7-6-9(13)8-12/h9,13H,6-8H2,1-5H3/t9-/m1/s1. The highest BCUT2D eigenvalue weighted by atomic mass is 16.3. The molecule has 0 unspecified atom stereocenters. The highest BCUT2D eigenvalue weighted by molar-refractivity contribution is 4.95. The molecule has 1 heterocycles. The van der Waals surface area contributed by atoms with Crippen molar-refractivity contribution in [2.75, 3.05) is 13.1 Å². The van der Waals surface area contributed by atoms with Crippen LogP contribution in [0.2, 0.25) is 0 Å². The maximum Gasteiger partial charge on any atom is 0.0679 e. The van der Waals surface area contributed by atoms with E-state index in [1.165, 1.54) is 0 Å². The highest BCUT2D eigenvalue weighted by Crippen LogP contribution is 2.36. The van der Waals surface area contributed by atoms with Crippen molar-refractivity contribution in [2.45, 2.75) is 52.7 Å². The van der Waals surface area contributed by atoms with Gasteiger partial charge < -0.3 is 5.11 Å². The van der Waals surface area contributed by atoms with Gasteiger partial charge in [0.05, 0.1) is 6.10 Å². The Labute approximate surface area is 81.9 Å². The van der Waals surface area contributed by atoms with E-state index in [2.05, 4.69) is 39.5 Å². The number of β-amino-alcohol motifs (C(OH)–C–C–N with tert-alkyl or cyclic N) is 1. The van der Waals surface area contributed by atoms with Crippen LogP contribution in [0.3, 0.4) is 0 Å². The molecule has 0 spiro atoms. The Morgan fingerprint density at radius 2 is 1.69 bits per heavy atom. The lowest BCUT2D eigenvalue weighted by Gasteiger charge is -2.46. The van der Waals surface area contributed by atoms with Gasteiger partial charge >= 0.3 is 0 Å². The van der Waals surface area contributed by atoms with Crippen LogP contribution in [0.4, 0.5) is 0 Å². The predicted octanol–water partition coefficient (Wildman–Crippen LogP) is 1.88. The summed E-state index contributed by atoms with van der Waals surface area (Å²) in [4.78, 5) is 2.40. The fourth-order valence-electron chi connectivity index (χ4n) is 1.72. The third kappa shape index (κ3) is 2.05. The van der Waals surface area contributed by atoms with Gasteiger partial charge in [-0.15, -0.1) is 0 Å². The number of likely N-dealkylation sites (tertiary alicyclic amines) is 1. The molecule has 0 aromatic rings. The van der Waals surface area contributed by atoms with Crippen LogP contribution < -0.4 is 0 Å². The molecule has 1 aliphatic heterocycles. The lowest BCUT2D eigenvalue weighted by Crippen LogP contribution is -2.52. The van der Waals surface area contributed by atoms with E-state index in [0.717, 1.165) is 19.5 Å². The van der Waals surface area contributed by atoms with Crippen LogP contribution in [0.1, 0.15) is 41.0 Å². The number of rotatable bonds is 1. The molecule has 0 aliphatic carbocycles. The van der Waals surface area contributed by atoms with Crippen molar-refractivity contribution in [1.29, 1.82) is 0 Å². The molecule has 1 rings (SSSR count). The summed E-state index contributed by atoms with van der Waals surface area (Å²) in [5.74, 6) is 0. The van der Waals surface area contributed by atoms with Crippen LogP contribution in [-0.4, -0.2) is 34.7 Å². The van der Waals surface area contributed by atoms with Crippen molar-refractivity contribution in [1.82, 2.24) is 4.90 Å². The first-order valence-electron chi connectivity index (χ1n) is 5.18. The molecule has 0 saturated carbocycles. The van der Waals surface area contributed by atoms with Gasteiger partial charge in [0.25, 0.3) is 0 Å². The molecule has 78 valence electrons. The van der Waals surface area contributed by atoms with Gasteiger partial charge in [-0.05, 0) is 25.7 Å². The van der Waals surface area contributed by atoms with Gasteiger partial charge in [-0.3, -0.25) is 4.90 Å². The molecule has 0 bridgehead atoms. The van der Waals surface area contributed by atoms with Crippen molar-refractivity contribution in [3.63, 3.8) is 0 Å². The van der Waals surface area contributed by atoms with Crippen molar-refractivity contribution in [3.8, 4) is 0 Å². The SMILES string of the molecule is CC(C)(C)C(C)(C)N1CC[C@@H](O)C1. The van der Waals surface area contributed by atoms with Gasteiger partial charge in [0.2, 0.25) is 0 Å². The first kappa shape index (κ1) is 11.0. The van der Waals surface area contributed by atoms with Gasteiger partial charge in [-0.1, -0.05) is 20.8 Å². The summed E-state index contributed by atoms with van der Waals surface area (Å²) in [5.41, 5.74) is 0.432. The second kappa shape index (κ2) is 3.25. The minimum atomic E-state index is -0.110. The quantitative estimate of drug-likeness (QED) is 0.674. The summed E-state index contributed by atoms with van der Waals surface area (Å²) in [6.07, 6.45) is 0.820. The molecule has 1 fully saturated rings. The predicted molar refractivity (Wildman–Crippen MR) is 55.7 cm³/mol. The Bertz CT molecular complexity index is 181. The third-order valence-corrected chi connectivity index (χ3v) is 3.79. The largest absolute Gasteiger partial charge is 0.392 e. The van der Waals surface area contributed by atoms with Gasteiger partial charge in [0.15, 0.2) is 0 Å². The Morgan fingerprint density at radius 3 is 2.00 bits per heavy atom. The summed E-state index contributed by atoms with van der Waals surface area (Å²) in [7, 11) is 0. The monoisotopic (exact) mass is 185 g/mol. The fourth-order valence-corrected chi connectivity index (χ4v) is 1.72. The van der Waals surface area contributed by atoms with Crippen molar-refractivity contribution in [2.24, 2.45) is 5.41 Å². The van der Waals surface area contributed by atoms with E-state index >= 15 is 0 Å². The van der Waals surface area contributed by atoms with Crippen LogP contribution in [0.15, 0.2) is 0 Å². The van der Waals surface area contributed by atoms with E-state index in [9.17, 15) is 5.11 Å². The van der Waals surface area contributed by atoms with Gasteiger partial charge in [0.1, 0.15) is 0 Å². The van der Waals surface area contributed by atoms with E-state index < -0.39 is 0 Å².